The zero-order valence-electron chi connectivity index (χ0n) is 18.0. The summed E-state index contributed by atoms with van der Waals surface area (Å²) in [5.41, 5.74) is -1.20. The van der Waals surface area contributed by atoms with Crippen molar-refractivity contribution in [3.63, 3.8) is 0 Å². The fourth-order valence-electron chi connectivity index (χ4n) is 3.12. The van der Waals surface area contributed by atoms with E-state index in [2.05, 4.69) is 15.6 Å². The number of fused-ring (bicyclic) bond motifs is 1. The summed E-state index contributed by atoms with van der Waals surface area (Å²) >= 11 is 6.91. The van der Waals surface area contributed by atoms with Crippen LogP contribution in [-0.2, 0) is 29.8 Å². The third-order valence-electron chi connectivity index (χ3n) is 4.70. The highest BCUT2D eigenvalue weighted by molar-refractivity contribution is 7.97. The molecule has 0 radical (unpaired) electrons. The van der Waals surface area contributed by atoms with Gasteiger partial charge in [-0.15, -0.1) is 0 Å². The number of nitrogens with one attached hydrogen (secondary N) is 2. The maximum atomic E-state index is 13.5. The summed E-state index contributed by atoms with van der Waals surface area (Å²) in [6.45, 7) is 0.152. The van der Waals surface area contributed by atoms with Crippen molar-refractivity contribution in [1.82, 2.24) is 14.9 Å². The zero-order valence-corrected chi connectivity index (χ0v) is 19.6. The highest BCUT2D eigenvalue weighted by Crippen LogP contribution is 2.31. The van der Waals surface area contributed by atoms with Gasteiger partial charge in [-0.05, 0) is 48.7 Å². The second kappa shape index (κ2) is 11.1. The Morgan fingerprint density at radius 2 is 1.86 bits per heavy atom. The fraction of sp³-hybridized carbons (Fsp3) is 0.227. The molecule has 0 saturated carbocycles. The van der Waals surface area contributed by atoms with E-state index < -0.39 is 29.0 Å². The maximum absolute atomic E-state index is 13.5. The smallest absolute Gasteiger partial charge is 0.349 e. The Bertz CT molecular complexity index is 1210. The van der Waals surface area contributed by atoms with E-state index in [4.69, 9.17) is 11.6 Å². The summed E-state index contributed by atoms with van der Waals surface area (Å²) in [6.07, 6.45) is -2.94. The summed E-state index contributed by atoms with van der Waals surface area (Å²) in [6, 6.07) is 7.28. The van der Waals surface area contributed by atoms with Gasteiger partial charge in [0.15, 0.2) is 5.82 Å². The van der Waals surface area contributed by atoms with Crippen LogP contribution in [0.1, 0.15) is 27.4 Å². The van der Waals surface area contributed by atoms with Gasteiger partial charge in [-0.1, -0.05) is 11.6 Å². The Morgan fingerprint density at radius 1 is 1.17 bits per heavy atom. The molecule has 2 heterocycles. The van der Waals surface area contributed by atoms with Crippen LogP contribution >= 0.6 is 23.4 Å². The molecule has 0 unspecified atom stereocenters. The van der Waals surface area contributed by atoms with E-state index >= 15 is 0 Å². The molecule has 1 aliphatic rings. The molecule has 3 aromatic rings. The summed E-state index contributed by atoms with van der Waals surface area (Å²) in [4.78, 5) is 28.3. The van der Waals surface area contributed by atoms with Crippen LogP contribution in [0, 0.1) is 11.6 Å². The molecule has 1 aromatic heterocycles. The molecule has 4 rings (SSSR count). The van der Waals surface area contributed by atoms with Gasteiger partial charge in [0.05, 0.1) is 23.6 Å². The zero-order chi connectivity index (χ0) is 25.8. The van der Waals surface area contributed by atoms with Crippen LogP contribution in [0.5, 0.6) is 0 Å². The molecule has 0 saturated heterocycles. The molecule has 0 aliphatic carbocycles. The van der Waals surface area contributed by atoms with Gasteiger partial charge in [0.1, 0.15) is 24.0 Å². The average Bonchev–Trinajstić information content (AvgIpc) is 3.11. The highest BCUT2D eigenvalue weighted by atomic mass is 35.5. The van der Waals surface area contributed by atoms with Crippen molar-refractivity contribution in [2.45, 2.75) is 25.0 Å². The standard InChI is InChI=1S/C16H14F4N4O2S.C6H4ClF/c1-27-7-12-22-14(11-5-21-13(25)6-24(11)12)23-15(26)8-2-9(16(18,19)20)4-10(17)3-8;7-5-1-3-6(8)4-2-5/h2-4H,5-7H2,1H3,(H,21,25)(H,23,26);1-4H. The Balaban J connectivity index is 0.000000363. The van der Waals surface area contributed by atoms with Gasteiger partial charge in [0.25, 0.3) is 5.91 Å². The van der Waals surface area contributed by atoms with E-state index in [0.717, 1.165) is 6.07 Å². The molecule has 0 bridgehead atoms. The summed E-state index contributed by atoms with van der Waals surface area (Å²) in [7, 11) is 0. The lowest BCUT2D eigenvalue weighted by molar-refractivity contribution is -0.137. The summed E-state index contributed by atoms with van der Waals surface area (Å²) < 4.78 is 65.7. The van der Waals surface area contributed by atoms with Crippen LogP contribution in [0.4, 0.5) is 27.8 Å². The van der Waals surface area contributed by atoms with Crippen LogP contribution in [0.2, 0.25) is 5.02 Å². The number of carbonyl (C=O) groups is 2. The Hall–Kier alpha value is -3.12. The van der Waals surface area contributed by atoms with E-state index in [1.165, 1.54) is 36.0 Å². The van der Waals surface area contributed by atoms with Gasteiger partial charge in [-0.2, -0.15) is 24.9 Å². The minimum absolute atomic E-state index is 0.0340. The van der Waals surface area contributed by atoms with Crippen molar-refractivity contribution in [2.24, 2.45) is 0 Å². The molecule has 35 heavy (non-hydrogen) atoms. The number of amides is 2. The molecular formula is C22H18ClF5N4O2S. The molecule has 13 heteroatoms. The van der Waals surface area contributed by atoms with Gasteiger partial charge in [0, 0.05) is 10.6 Å². The number of alkyl halides is 3. The second-order valence-electron chi connectivity index (χ2n) is 7.24. The quantitative estimate of drug-likeness (QED) is 0.449. The first-order chi connectivity index (χ1) is 16.5. The van der Waals surface area contributed by atoms with Gasteiger partial charge >= 0.3 is 6.18 Å². The van der Waals surface area contributed by atoms with E-state index in [0.29, 0.717) is 34.4 Å². The first-order valence-corrected chi connectivity index (χ1v) is 11.7. The summed E-state index contributed by atoms with van der Waals surface area (Å²) in [5, 5.41) is 5.60. The van der Waals surface area contributed by atoms with Gasteiger partial charge in [0.2, 0.25) is 5.91 Å². The topological polar surface area (TPSA) is 76.0 Å². The number of halogens is 6. The SMILES string of the molecule is CSCc1nc(NC(=O)c2cc(F)cc(C(F)(F)F)c2)c2n1CC(=O)NC2.Fc1ccc(Cl)cc1. The van der Waals surface area contributed by atoms with E-state index in [9.17, 15) is 31.5 Å². The minimum Gasteiger partial charge on any atom is -0.349 e. The van der Waals surface area contributed by atoms with Crippen LogP contribution < -0.4 is 10.6 Å². The molecule has 2 N–H and O–H groups in total. The van der Waals surface area contributed by atoms with Gasteiger partial charge < -0.3 is 15.2 Å². The number of benzene rings is 2. The largest absolute Gasteiger partial charge is 0.416 e. The minimum atomic E-state index is -4.78. The average molecular weight is 533 g/mol. The lowest BCUT2D eigenvalue weighted by atomic mass is 10.1. The van der Waals surface area contributed by atoms with Crippen LogP contribution in [0.25, 0.3) is 0 Å². The number of rotatable bonds is 4. The predicted octanol–water partition coefficient (Wildman–Crippen LogP) is 5.27. The van der Waals surface area contributed by atoms with Crippen molar-refractivity contribution < 1.29 is 31.5 Å². The third-order valence-corrected chi connectivity index (χ3v) is 5.50. The van der Waals surface area contributed by atoms with E-state index in [1.54, 1.807) is 4.57 Å². The molecule has 186 valence electrons. The number of nitrogens with zero attached hydrogens (tertiary/aromatic N) is 2. The molecule has 0 atom stereocenters. The molecule has 1 aliphatic heterocycles. The number of aromatic nitrogens is 2. The summed E-state index contributed by atoms with van der Waals surface area (Å²) in [5.74, 6) is -1.39. The molecule has 2 amide bonds. The fourth-order valence-corrected chi connectivity index (χ4v) is 3.72. The maximum Gasteiger partial charge on any atom is 0.416 e. The number of anilines is 1. The van der Waals surface area contributed by atoms with E-state index in [-0.39, 0.29) is 30.6 Å². The Kier molecular flexibility index (Phi) is 8.39. The first-order valence-electron chi connectivity index (χ1n) is 9.92. The molecule has 0 fully saturated rings. The number of thioether (sulfide) groups is 1. The third kappa shape index (κ3) is 6.95. The predicted molar refractivity (Wildman–Crippen MR) is 122 cm³/mol. The van der Waals surface area contributed by atoms with E-state index in [1.807, 2.05) is 6.26 Å². The molecule has 2 aromatic carbocycles. The lowest BCUT2D eigenvalue weighted by Gasteiger charge is -2.18. The highest BCUT2D eigenvalue weighted by Gasteiger charge is 2.32. The Morgan fingerprint density at radius 3 is 2.46 bits per heavy atom. The van der Waals surface area contributed by atoms with Crippen molar-refractivity contribution >= 4 is 41.0 Å². The monoisotopic (exact) mass is 532 g/mol. The molecule has 0 spiro atoms. The number of hydrogen-bond acceptors (Lipinski definition) is 4. The van der Waals surface area contributed by atoms with Crippen molar-refractivity contribution in [3.8, 4) is 0 Å². The van der Waals surface area contributed by atoms with Crippen molar-refractivity contribution in [3.05, 3.63) is 81.8 Å². The van der Waals surface area contributed by atoms with Crippen LogP contribution in [0.3, 0.4) is 0 Å². The van der Waals surface area contributed by atoms with Gasteiger partial charge in [-0.3, -0.25) is 9.59 Å². The van der Waals surface area contributed by atoms with Crippen LogP contribution in [0.15, 0.2) is 42.5 Å². The van der Waals surface area contributed by atoms with Crippen molar-refractivity contribution in [2.75, 3.05) is 11.6 Å². The Labute approximate surface area is 205 Å². The molecular weight excluding hydrogens is 515 g/mol. The first kappa shape index (κ1) is 26.5. The lowest BCUT2D eigenvalue weighted by Crippen LogP contribution is -2.35. The molecule has 6 nitrogen and oxygen atoms in total. The van der Waals surface area contributed by atoms with Crippen LogP contribution in [-0.4, -0.2) is 27.6 Å². The van der Waals surface area contributed by atoms with Gasteiger partial charge in [-0.25, -0.2) is 13.8 Å². The van der Waals surface area contributed by atoms with Crippen molar-refractivity contribution in [1.29, 1.82) is 0 Å². The second-order valence-corrected chi connectivity index (χ2v) is 8.54. The number of imidazole rings is 1. The normalized spacial score (nSPS) is 12.8. The number of carbonyl (C=O) groups excluding carboxylic acids is 2. The number of hydrogen-bond donors (Lipinski definition) is 2.